The molecule has 0 aromatic heterocycles. The number of allylic oxidation sites excluding steroid dienone is 4. The fourth-order valence-electron chi connectivity index (χ4n) is 9.59. The standard InChI is InChI=1S/C63H120O5/c1-3-5-7-9-11-13-15-17-19-21-22-23-24-25-26-27-28-29-30-31-32-33-34-35-36-37-38-39-40-41-42-44-45-47-49-51-53-55-57-62(65)67-60-61(59-64)68-63(66)58-56-54-52-50-48-46-43-20-18-16-14-12-10-8-6-4-2/h14,16,20,43,61,64H,3-13,15,17-19,21-42,44-60H2,1-2H3/b16-14-,43-20-. The summed E-state index contributed by atoms with van der Waals surface area (Å²) in [6, 6.07) is 0. The molecule has 1 unspecified atom stereocenters. The molecule has 0 saturated carbocycles. The first-order valence-corrected chi connectivity index (χ1v) is 30.9. The van der Waals surface area contributed by atoms with E-state index in [1.54, 1.807) is 0 Å². The van der Waals surface area contributed by atoms with Gasteiger partial charge in [0.1, 0.15) is 6.61 Å². The lowest BCUT2D eigenvalue weighted by Crippen LogP contribution is -2.28. The maximum absolute atomic E-state index is 12.3. The Bertz CT molecular complexity index is 1040. The zero-order chi connectivity index (χ0) is 49.2. The predicted octanol–water partition coefficient (Wildman–Crippen LogP) is 20.9. The third-order valence-corrected chi connectivity index (χ3v) is 14.2. The van der Waals surface area contributed by atoms with Gasteiger partial charge in [0.2, 0.25) is 0 Å². The van der Waals surface area contributed by atoms with Gasteiger partial charge in [-0.1, -0.05) is 314 Å². The van der Waals surface area contributed by atoms with Crippen molar-refractivity contribution in [2.75, 3.05) is 13.2 Å². The number of rotatable bonds is 58. The molecule has 1 N–H and O–H groups in total. The van der Waals surface area contributed by atoms with Crippen LogP contribution in [-0.2, 0) is 19.1 Å². The molecule has 0 heterocycles. The SMILES string of the molecule is CCCCCC/C=C\C/C=C\CCCCCCCC(=O)OC(CO)COC(=O)CCCCCCCCCCCCCCCCCCCCCCCCCCCCCCCCCCCCCCCC. The van der Waals surface area contributed by atoms with Gasteiger partial charge in [0, 0.05) is 12.8 Å². The van der Waals surface area contributed by atoms with Gasteiger partial charge in [0.15, 0.2) is 6.10 Å². The minimum atomic E-state index is -0.776. The summed E-state index contributed by atoms with van der Waals surface area (Å²) in [5, 5.41) is 9.63. The highest BCUT2D eigenvalue weighted by Gasteiger charge is 2.16. The second-order valence-corrected chi connectivity index (χ2v) is 21.1. The zero-order valence-electron chi connectivity index (χ0n) is 46.2. The number of aliphatic hydroxyl groups excluding tert-OH is 1. The van der Waals surface area contributed by atoms with Crippen LogP contribution in [-0.4, -0.2) is 36.4 Å². The maximum Gasteiger partial charge on any atom is 0.306 e. The topological polar surface area (TPSA) is 72.8 Å². The molecule has 0 amide bonds. The van der Waals surface area contributed by atoms with Gasteiger partial charge in [-0.15, -0.1) is 0 Å². The molecule has 0 fully saturated rings. The molecule has 68 heavy (non-hydrogen) atoms. The molecule has 5 nitrogen and oxygen atoms in total. The van der Waals surface area contributed by atoms with Crippen LogP contribution < -0.4 is 0 Å². The summed E-state index contributed by atoms with van der Waals surface area (Å²) in [5.41, 5.74) is 0. The number of carbonyl (C=O) groups excluding carboxylic acids is 2. The van der Waals surface area contributed by atoms with Crippen molar-refractivity contribution < 1.29 is 24.2 Å². The van der Waals surface area contributed by atoms with E-state index in [4.69, 9.17) is 9.47 Å². The van der Waals surface area contributed by atoms with Crippen molar-refractivity contribution in [3.05, 3.63) is 24.3 Å². The summed E-state index contributed by atoms with van der Waals surface area (Å²) in [6.45, 7) is 4.16. The van der Waals surface area contributed by atoms with Crippen LogP contribution in [0, 0.1) is 0 Å². The van der Waals surface area contributed by atoms with E-state index < -0.39 is 6.10 Å². The average molecular weight is 958 g/mol. The van der Waals surface area contributed by atoms with E-state index in [0.29, 0.717) is 12.8 Å². The van der Waals surface area contributed by atoms with E-state index in [1.165, 1.54) is 270 Å². The van der Waals surface area contributed by atoms with Gasteiger partial charge in [0.05, 0.1) is 6.61 Å². The minimum Gasteiger partial charge on any atom is -0.462 e. The smallest absolute Gasteiger partial charge is 0.306 e. The Morgan fingerprint density at radius 3 is 0.882 bits per heavy atom. The summed E-state index contributed by atoms with van der Waals surface area (Å²) in [5.74, 6) is -0.589. The van der Waals surface area contributed by atoms with E-state index >= 15 is 0 Å². The first-order chi connectivity index (χ1) is 33.6. The van der Waals surface area contributed by atoms with Crippen molar-refractivity contribution in [1.29, 1.82) is 0 Å². The Hall–Kier alpha value is -1.62. The molecular weight excluding hydrogens is 837 g/mol. The van der Waals surface area contributed by atoms with Crippen LogP contribution in [0.25, 0.3) is 0 Å². The summed E-state index contributed by atoms with van der Waals surface area (Å²) < 4.78 is 10.7. The van der Waals surface area contributed by atoms with Crippen molar-refractivity contribution in [2.45, 2.75) is 354 Å². The van der Waals surface area contributed by atoms with Crippen LogP contribution in [0.2, 0.25) is 0 Å². The molecule has 1 atom stereocenters. The van der Waals surface area contributed by atoms with Gasteiger partial charge in [-0.3, -0.25) is 9.59 Å². The lowest BCUT2D eigenvalue weighted by Gasteiger charge is -2.15. The molecule has 0 spiro atoms. The number of ether oxygens (including phenoxy) is 2. The molecule has 0 rings (SSSR count). The zero-order valence-corrected chi connectivity index (χ0v) is 46.2. The van der Waals surface area contributed by atoms with Gasteiger partial charge >= 0.3 is 11.9 Å². The summed E-state index contributed by atoms with van der Waals surface area (Å²) in [6.07, 6.45) is 76.3. The lowest BCUT2D eigenvalue weighted by molar-refractivity contribution is -0.161. The second kappa shape index (κ2) is 59.7. The Labute approximate surface area is 425 Å². The van der Waals surface area contributed by atoms with Crippen LogP contribution >= 0.6 is 0 Å². The fourth-order valence-corrected chi connectivity index (χ4v) is 9.59. The van der Waals surface area contributed by atoms with Gasteiger partial charge in [-0.25, -0.2) is 0 Å². The van der Waals surface area contributed by atoms with Crippen LogP contribution in [0.4, 0.5) is 0 Å². The largest absolute Gasteiger partial charge is 0.462 e. The van der Waals surface area contributed by atoms with Crippen LogP contribution in [0.1, 0.15) is 348 Å². The molecule has 0 aromatic rings. The molecule has 0 aromatic carbocycles. The van der Waals surface area contributed by atoms with Crippen molar-refractivity contribution in [3.63, 3.8) is 0 Å². The summed E-state index contributed by atoms with van der Waals surface area (Å²) in [4.78, 5) is 24.5. The Morgan fingerprint density at radius 1 is 0.338 bits per heavy atom. The van der Waals surface area contributed by atoms with Crippen LogP contribution in [0.15, 0.2) is 24.3 Å². The van der Waals surface area contributed by atoms with Gasteiger partial charge in [-0.2, -0.15) is 0 Å². The van der Waals surface area contributed by atoms with E-state index in [9.17, 15) is 14.7 Å². The van der Waals surface area contributed by atoms with E-state index in [-0.39, 0.29) is 25.2 Å². The summed E-state index contributed by atoms with van der Waals surface area (Å²) >= 11 is 0. The molecule has 0 aliphatic carbocycles. The monoisotopic (exact) mass is 957 g/mol. The minimum absolute atomic E-state index is 0.0664. The first kappa shape index (κ1) is 66.4. The number of hydrogen-bond donors (Lipinski definition) is 1. The molecule has 402 valence electrons. The quantitative estimate of drug-likeness (QED) is 0.0374. The van der Waals surface area contributed by atoms with Crippen molar-refractivity contribution in [1.82, 2.24) is 0 Å². The Kier molecular flexibility index (Phi) is 58.3. The number of hydrogen-bond acceptors (Lipinski definition) is 5. The number of carbonyl (C=O) groups is 2. The molecule has 5 heteroatoms. The predicted molar refractivity (Wildman–Crippen MR) is 298 cm³/mol. The van der Waals surface area contributed by atoms with Crippen molar-refractivity contribution in [2.24, 2.45) is 0 Å². The van der Waals surface area contributed by atoms with Gasteiger partial charge in [-0.05, 0) is 44.9 Å². The van der Waals surface area contributed by atoms with Crippen LogP contribution in [0.5, 0.6) is 0 Å². The van der Waals surface area contributed by atoms with E-state index in [1.807, 2.05) is 0 Å². The first-order valence-electron chi connectivity index (χ1n) is 30.9. The molecule has 0 radical (unpaired) electrons. The maximum atomic E-state index is 12.3. The average Bonchev–Trinajstić information content (AvgIpc) is 3.34. The second-order valence-electron chi connectivity index (χ2n) is 21.1. The van der Waals surface area contributed by atoms with Crippen molar-refractivity contribution >= 4 is 11.9 Å². The lowest BCUT2D eigenvalue weighted by atomic mass is 10.0. The summed E-state index contributed by atoms with van der Waals surface area (Å²) in [7, 11) is 0. The van der Waals surface area contributed by atoms with Gasteiger partial charge < -0.3 is 14.6 Å². The highest BCUT2D eigenvalue weighted by atomic mass is 16.6. The Morgan fingerprint density at radius 2 is 0.588 bits per heavy atom. The fraction of sp³-hybridized carbons (Fsp3) is 0.905. The molecule has 0 bridgehead atoms. The number of unbranched alkanes of at least 4 members (excludes halogenated alkanes) is 46. The third kappa shape index (κ3) is 57.0. The molecular formula is C63H120O5. The van der Waals surface area contributed by atoms with Gasteiger partial charge in [0.25, 0.3) is 0 Å². The van der Waals surface area contributed by atoms with E-state index in [2.05, 4.69) is 38.2 Å². The molecule has 0 saturated heterocycles. The van der Waals surface area contributed by atoms with E-state index in [0.717, 1.165) is 51.4 Å². The number of aliphatic hydroxyl groups is 1. The third-order valence-electron chi connectivity index (χ3n) is 14.2. The number of esters is 2. The van der Waals surface area contributed by atoms with Crippen molar-refractivity contribution in [3.8, 4) is 0 Å². The highest BCUT2D eigenvalue weighted by Crippen LogP contribution is 2.18. The molecule has 0 aliphatic rings. The Balaban J connectivity index is 3.35. The highest BCUT2D eigenvalue weighted by molar-refractivity contribution is 5.70. The van der Waals surface area contributed by atoms with Crippen LogP contribution in [0.3, 0.4) is 0 Å². The molecule has 0 aliphatic heterocycles. The normalized spacial score (nSPS) is 12.2.